The van der Waals surface area contributed by atoms with E-state index in [2.05, 4.69) is 228 Å². The van der Waals surface area contributed by atoms with Crippen molar-refractivity contribution in [1.82, 2.24) is 9.13 Å². The van der Waals surface area contributed by atoms with Crippen molar-refractivity contribution in [2.75, 3.05) is 0 Å². The van der Waals surface area contributed by atoms with Crippen LogP contribution in [0.2, 0.25) is 0 Å². The Morgan fingerprint density at radius 1 is 0.250 bits per heavy atom. The van der Waals surface area contributed by atoms with Gasteiger partial charge in [-0.05, 0) is 100 Å². The van der Waals surface area contributed by atoms with Crippen LogP contribution in [0.15, 0.2) is 218 Å². The quantitative estimate of drug-likeness (QED) is 0.163. The molecule has 14 aromatic rings. The molecule has 0 amide bonds. The van der Waals surface area contributed by atoms with Crippen LogP contribution < -0.4 is 0 Å². The summed E-state index contributed by atoms with van der Waals surface area (Å²) in [6, 6.07) is 81.0. The van der Waals surface area contributed by atoms with Crippen LogP contribution in [0.3, 0.4) is 0 Å². The molecule has 0 saturated heterocycles. The van der Waals surface area contributed by atoms with E-state index in [0.29, 0.717) is 0 Å². The lowest BCUT2D eigenvalue weighted by Crippen LogP contribution is -2.00. The summed E-state index contributed by atoms with van der Waals surface area (Å²) >= 11 is 3.78. The van der Waals surface area contributed by atoms with Crippen molar-refractivity contribution in [3.8, 4) is 44.8 Å². The summed E-state index contributed by atoms with van der Waals surface area (Å²) in [5, 5.41) is 10.3. The molecule has 14 rings (SSSR count). The first-order chi connectivity index (χ1) is 31.7. The predicted molar refractivity (Wildman–Crippen MR) is 277 cm³/mol. The number of thiophene rings is 2. The molecule has 0 N–H and O–H groups in total. The van der Waals surface area contributed by atoms with Gasteiger partial charge in [0.2, 0.25) is 0 Å². The molecule has 0 fully saturated rings. The molecular formula is C60H36N2S2. The van der Waals surface area contributed by atoms with E-state index >= 15 is 0 Å². The lowest BCUT2D eigenvalue weighted by Gasteiger charge is -2.16. The van der Waals surface area contributed by atoms with Gasteiger partial charge >= 0.3 is 0 Å². The largest absolute Gasteiger partial charge is 0.309 e. The third-order valence-corrected chi connectivity index (χ3v) is 15.7. The highest BCUT2D eigenvalue weighted by molar-refractivity contribution is 7.26. The molecule has 2 nitrogen and oxygen atoms in total. The van der Waals surface area contributed by atoms with Crippen LogP contribution >= 0.6 is 22.7 Å². The predicted octanol–water partition coefficient (Wildman–Crippen LogP) is 17.6. The van der Waals surface area contributed by atoms with Gasteiger partial charge in [0.25, 0.3) is 0 Å². The summed E-state index contributed by atoms with van der Waals surface area (Å²) < 4.78 is 10.3. The van der Waals surface area contributed by atoms with E-state index in [0.717, 1.165) is 11.4 Å². The SMILES string of the molecule is c1ccc(-c2cc(-n3c4ccccc4c4cc(-c5cccc6c5sc5ccccc56)ccc43)cc(-n3c4ccccc4c4cc(-c5cccc6c5sc5ccccc56)ccc43)c2)cc1. The molecule has 0 saturated carbocycles. The number of para-hydroxylation sites is 2. The number of benzene rings is 10. The number of aromatic nitrogens is 2. The standard InChI is InChI=1S/C60H36N2S2/c1-2-14-37(15-3-1)40-32-41(61-53-24-8-4-16-45(53)51-34-38(28-30-55(51)61)43-20-12-22-49-47-18-6-10-26-57(47)63-59(43)49)36-42(33-40)62-54-25-9-5-17-46(54)52-35-39(29-31-56(52)62)44-21-13-23-50-48-19-7-11-27-58(48)64-60(44)50/h1-36H. The summed E-state index contributed by atoms with van der Waals surface area (Å²) in [6.45, 7) is 0. The maximum atomic E-state index is 2.47. The minimum absolute atomic E-state index is 1.13. The van der Waals surface area contributed by atoms with Crippen LogP contribution in [0.1, 0.15) is 0 Å². The van der Waals surface area contributed by atoms with Crippen LogP contribution in [-0.4, -0.2) is 9.13 Å². The molecule has 298 valence electrons. The number of hydrogen-bond acceptors (Lipinski definition) is 2. The maximum absolute atomic E-state index is 2.47. The fourth-order valence-corrected chi connectivity index (χ4v) is 12.9. The minimum Gasteiger partial charge on any atom is -0.309 e. The van der Waals surface area contributed by atoms with E-state index < -0.39 is 0 Å². The monoisotopic (exact) mass is 848 g/mol. The lowest BCUT2D eigenvalue weighted by atomic mass is 10.0. The average Bonchev–Trinajstić information content (AvgIpc) is 4.11. The van der Waals surface area contributed by atoms with Crippen LogP contribution in [0, 0.1) is 0 Å². The first-order valence-electron chi connectivity index (χ1n) is 21.8. The van der Waals surface area contributed by atoms with Gasteiger partial charge in [0.05, 0.1) is 22.1 Å². The number of nitrogens with zero attached hydrogens (tertiary/aromatic N) is 2. The van der Waals surface area contributed by atoms with Gasteiger partial charge in [-0.3, -0.25) is 0 Å². The zero-order valence-corrected chi connectivity index (χ0v) is 36.1. The number of rotatable bonds is 5. The summed E-state index contributed by atoms with van der Waals surface area (Å²) in [6.07, 6.45) is 0. The highest BCUT2D eigenvalue weighted by Gasteiger charge is 2.20. The van der Waals surface area contributed by atoms with Crippen molar-refractivity contribution in [2.45, 2.75) is 0 Å². The Labute approximate surface area is 376 Å². The van der Waals surface area contributed by atoms with Crippen molar-refractivity contribution < 1.29 is 0 Å². The fourth-order valence-electron chi connectivity index (χ4n) is 10.4. The average molecular weight is 849 g/mol. The highest BCUT2D eigenvalue weighted by Crippen LogP contribution is 2.45. The molecule has 0 radical (unpaired) electrons. The van der Waals surface area contributed by atoms with Gasteiger partial charge < -0.3 is 9.13 Å². The summed E-state index contributed by atoms with van der Waals surface area (Å²) in [4.78, 5) is 0. The van der Waals surface area contributed by atoms with Crippen LogP contribution in [-0.2, 0) is 0 Å². The third-order valence-electron chi connectivity index (χ3n) is 13.3. The molecule has 4 aromatic heterocycles. The Balaban J connectivity index is 0.989. The maximum Gasteiger partial charge on any atom is 0.0541 e. The molecule has 4 heterocycles. The summed E-state index contributed by atoms with van der Waals surface area (Å²) in [5.74, 6) is 0. The minimum atomic E-state index is 1.13. The summed E-state index contributed by atoms with van der Waals surface area (Å²) in [5.41, 5.74) is 14.4. The molecule has 0 unspecified atom stereocenters. The van der Waals surface area contributed by atoms with Gasteiger partial charge in [0, 0.05) is 73.3 Å². The van der Waals surface area contributed by atoms with E-state index in [-0.39, 0.29) is 0 Å². The van der Waals surface area contributed by atoms with E-state index in [1.807, 2.05) is 22.7 Å². The highest BCUT2D eigenvalue weighted by atomic mass is 32.1. The second-order valence-electron chi connectivity index (χ2n) is 16.8. The van der Waals surface area contributed by atoms with Crippen LogP contribution in [0.5, 0.6) is 0 Å². The fraction of sp³-hybridized carbons (Fsp3) is 0. The topological polar surface area (TPSA) is 9.86 Å². The van der Waals surface area contributed by atoms with E-state index in [4.69, 9.17) is 0 Å². The molecule has 0 aliphatic carbocycles. The van der Waals surface area contributed by atoms with Crippen molar-refractivity contribution >= 4 is 107 Å². The lowest BCUT2D eigenvalue weighted by molar-refractivity contribution is 1.13. The van der Waals surface area contributed by atoms with Gasteiger partial charge in [0.1, 0.15) is 0 Å². The summed E-state index contributed by atoms with van der Waals surface area (Å²) in [7, 11) is 0. The Morgan fingerprint density at radius 3 is 1.19 bits per heavy atom. The van der Waals surface area contributed by atoms with Gasteiger partial charge in [-0.25, -0.2) is 0 Å². The zero-order valence-electron chi connectivity index (χ0n) is 34.5. The van der Waals surface area contributed by atoms with Crippen molar-refractivity contribution in [3.63, 3.8) is 0 Å². The van der Waals surface area contributed by atoms with E-state index in [1.54, 1.807) is 0 Å². The van der Waals surface area contributed by atoms with Crippen LogP contribution in [0.25, 0.3) is 129 Å². The Morgan fingerprint density at radius 2 is 0.672 bits per heavy atom. The molecule has 0 aliphatic heterocycles. The van der Waals surface area contributed by atoms with E-state index in [1.165, 1.54) is 117 Å². The second-order valence-corrected chi connectivity index (χ2v) is 18.9. The first kappa shape index (κ1) is 35.8. The van der Waals surface area contributed by atoms with Gasteiger partial charge in [-0.2, -0.15) is 0 Å². The first-order valence-corrected chi connectivity index (χ1v) is 23.5. The van der Waals surface area contributed by atoms with Crippen molar-refractivity contribution in [1.29, 1.82) is 0 Å². The molecule has 4 heteroatoms. The zero-order chi connectivity index (χ0) is 41.9. The Bertz CT molecular complexity index is 3950. The molecule has 0 aliphatic rings. The molecule has 0 bridgehead atoms. The Kier molecular flexibility index (Phi) is 7.76. The van der Waals surface area contributed by atoms with Crippen LogP contribution in [0.4, 0.5) is 0 Å². The second kappa shape index (κ2) is 13.9. The normalized spacial score (nSPS) is 12.1. The molecule has 0 atom stereocenters. The van der Waals surface area contributed by atoms with Gasteiger partial charge in [-0.1, -0.05) is 152 Å². The molecule has 64 heavy (non-hydrogen) atoms. The van der Waals surface area contributed by atoms with Gasteiger partial charge in [0.15, 0.2) is 0 Å². The molecule has 0 spiro atoms. The van der Waals surface area contributed by atoms with Crippen molar-refractivity contribution in [2.24, 2.45) is 0 Å². The van der Waals surface area contributed by atoms with Gasteiger partial charge in [-0.15, -0.1) is 22.7 Å². The molecule has 10 aromatic carbocycles. The smallest absolute Gasteiger partial charge is 0.0541 e. The Hall–Kier alpha value is -7.76. The van der Waals surface area contributed by atoms with Crippen molar-refractivity contribution in [3.05, 3.63) is 218 Å². The molecular weight excluding hydrogens is 813 g/mol. The third kappa shape index (κ3) is 5.30. The van der Waals surface area contributed by atoms with E-state index in [9.17, 15) is 0 Å². The number of hydrogen-bond donors (Lipinski definition) is 0. The number of fused-ring (bicyclic) bond motifs is 12.